The highest BCUT2D eigenvalue weighted by Gasteiger charge is 2.11. The lowest BCUT2D eigenvalue weighted by Gasteiger charge is -2.09. The molecular weight excluding hydrogens is 397 g/mol. The number of carbonyl (C=O) groups excluding carboxylic acids is 1. The number of nitrogens with zero attached hydrogens (tertiary/aromatic N) is 3. The van der Waals surface area contributed by atoms with Crippen molar-refractivity contribution in [2.24, 2.45) is 0 Å². The Morgan fingerprint density at radius 1 is 1.04 bits per heavy atom. The fourth-order valence-corrected chi connectivity index (χ4v) is 3.33. The summed E-state index contributed by atoms with van der Waals surface area (Å²) in [7, 11) is 0. The molecule has 0 bridgehead atoms. The van der Waals surface area contributed by atoms with E-state index in [1.165, 1.54) is 0 Å². The van der Waals surface area contributed by atoms with Crippen LogP contribution in [0.4, 0.5) is 11.4 Å². The van der Waals surface area contributed by atoms with E-state index in [2.05, 4.69) is 15.3 Å². The van der Waals surface area contributed by atoms with Gasteiger partial charge in [-0.1, -0.05) is 35.9 Å². The van der Waals surface area contributed by atoms with Gasteiger partial charge in [0.1, 0.15) is 10.8 Å². The van der Waals surface area contributed by atoms with Crippen LogP contribution in [0.3, 0.4) is 0 Å². The first-order chi connectivity index (χ1) is 13.5. The maximum atomic E-state index is 12.4. The molecule has 28 heavy (non-hydrogen) atoms. The summed E-state index contributed by atoms with van der Waals surface area (Å²) in [5.74, 6) is -0.220. The van der Waals surface area contributed by atoms with E-state index >= 15 is 0 Å². The van der Waals surface area contributed by atoms with Gasteiger partial charge in [0.2, 0.25) is 5.28 Å². The zero-order valence-corrected chi connectivity index (χ0v) is 16.1. The number of amides is 1. The number of rotatable bonds is 4. The Bertz CT molecular complexity index is 1170. The molecule has 0 spiro atoms. The van der Waals surface area contributed by atoms with Crippen LogP contribution in [-0.4, -0.2) is 20.4 Å². The normalized spacial score (nSPS) is 10.9. The number of hydrogen-bond acceptors (Lipinski definition) is 4. The van der Waals surface area contributed by atoms with Crippen LogP contribution in [0, 0.1) is 0 Å². The third-order valence-corrected chi connectivity index (χ3v) is 4.78. The molecule has 0 aliphatic heterocycles. The molecule has 0 saturated heterocycles. The Kier molecular flexibility index (Phi) is 4.90. The first kappa shape index (κ1) is 18.3. The number of para-hydroxylation sites is 2. The molecule has 3 N–H and O–H groups in total. The van der Waals surface area contributed by atoms with Crippen molar-refractivity contribution in [3.05, 3.63) is 82.4 Å². The summed E-state index contributed by atoms with van der Waals surface area (Å²) in [5.41, 5.74) is 9.17. The molecule has 2 aromatic carbocycles. The quantitative estimate of drug-likeness (QED) is 0.291. The molecule has 6 nitrogen and oxygen atoms in total. The number of hydrogen-bond donors (Lipinski definition) is 2. The number of halogens is 2. The Balaban J connectivity index is 1.52. The summed E-state index contributed by atoms with van der Waals surface area (Å²) in [6.07, 6.45) is 1.88. The van der Waals surface area contributed by atoms with Gasteiger partial charge in [0.15, 0.2) is 0 Å². The van der Waals surface area contributed by atoms with Gasteiger partial charge >= 0.3 is 0 Å². The van der Waals surface area contributed by atoms with Gasteiger partial charge in [0.25, 0.3) is 5.91 Å². The average Bonchev–Trinajstić information content (AvgIpc) is 3.07. The number of anilines is 2. The van der Waals surface area contributed by atoms with Crippen molar-refractivity contribution in [2.75, 3.05) is 11.1 Å². The lowest BCUT2D eigenvalue weighted by atomic mass is 10.1. The second-order valence-electron chi connectivity index (χ2n) is 6.20. The van der Waals surface area contributed by atoms with Gasteiger partial charge in [0.05, 0.1) is 16.8 Å². The molecule has 0 atom stereocenters. The van der Waals surface area contributed by atoms with Crippen LogP contribution in [-0.2, 0) is 6.54 Å². The average molecular weight is 412 g/mol. The molecule has 140 valence electrons. The summed E-state index contributed by atoms with van der Waals surface area (Å²) in [5, 5.41) is 3.97. The number of benzene rings is 2. The molecule has 0 saturated carbocycles. The number of carbonyl (C=O) groups is 1. The summed E-state index contributed by atoms with van der Waals surface area (Å²) in [6.45, 7) is 0.556. The lowest BCUT2D eigenvalue weighted by molar-refractivity contribution is 0.102. The zero-order valence-electron chi connectivity index (χ0n) is 14.6. The third-order valence-electron chi connectivity index (χ3n) is 4.32. The maximum Gasteiger partial charge on any atom is 0.255 e. The first-order valence-corrected chi connectivity index (χ1v) is 9.19. The van der Waals surface area contributed by atoms with Crippen molar-refractivity contribution in [1.29, 1.82) is 0 Å². The molecule has 0 aliphatic rings. The molecule has 0 unspecified atom stereocenters. The van der Waals surface area contributed by atoms with E-state index in [9.17, 15) is 4.79 Å². The molecule has 1 amide bonds. The van der Waals surface area contributed by atoms with Gasteiger partial charge in [-0.2, -0.15) is 4.98 Å². The fraction of sp³-hybridized carbons (Fsp3) is 0.0500. The van der Waals surface area contributed by atoms with Gasteiger partial charge in [-0.15, -0.1) is 0 Å². The molecule has 4 aromatic rings. The van der Waals surface area contributed by atoms with E-state index < -0.39 is 0 Å². The molecule has 8 heteroatoms. The molecule has 0 radical (unpaired) electrons. The summed E-state index contributed by atoms with van der Waals surface area (Å²) < 4.78 is 1.93. The molecule has 2 heterocycles. The predicted octanol–water partition coefficient (Wildman–Crippen LogP) is 4.62. The standard InChI is InChI=1S/C20H15Cl2N5O/c21-17-14-9-10-27(18(14)26-20(22)25-17)11-12-5-7-13(8-6-12)19(28)24-16-4-2-1-3-15(16)23/h1-10H,11,23H2,(H,24,28). The number of nitrogens with two attached hydrogens (primary N) is 1. The predicted molar refractivity (Wildman–Crippen MR) is 112 cm³/mol. The minimum Gasteiger partial charge on any atom is -0.397 e. The van der Waals surface area contributed by atoms with Crippen LogP contribution >= 0.6 is 23.2 Å². The fourth-order valence-electron chi connectivity index (χ4n) is 2.89. The lowest BCUT2D eigenvalue weighted by Crippen LogP contribution is -2.13. The van der Waals surface area contributed by atoms with E-state index in [4.69, 9.17) is 28.9 Å². The van der Waals surface area contributed by atoms with Crippen LogP contribution in [0.25, 0.3) is 11.0 Å². The van der Waals surface area contributed by atoms with Crippen LogP contribution in [0.5, 0.6) is 0 Å². The van der Waals surface area contributed by atoms with Gasteiger partial charge in [-0.05, 0) is 47.5 Å². The zero-order chi connectivity index (χ0) is 19.7. The van der Waals surface area contributed by atoms with E-state index in [0.717, 1.165) is 10.9 Å². The third kappa shape index (κ3) is 3.65. The number of nitrogen functional groups attached to an aromatic ring is 1. The molecular formula is C20H15Cl2N5O. The van der Waals surface area contributed by atoms with Crippen molar-refractivity contribution in [1.82, 2.24) is 14.5 Å². The first-order valence-electron chi connectivity index (χ1n) is 8.44. The van der Waals surface area contributed by atoms with E-state index in [0.29, 0.717) is 34.3 Å². The van der Waals surface area contributed by atoms with Crippen LogP contribution < -0.4 is 11.1 Å². The van der Waals surface area contributed by atoms with Crippen molar-refractivity contribution in [3.63, 3.8) is 0 Å². The number of nitrogens with one attached hydrogen (secondary N) is 1. The van der Waals surface area contributed by atoms with Crippen molar-refractivity contribution < 1.29 is 4.79 Å². The van der Waals surface area contributed by atoms with Gasteiger partial charge in [0, 0.05) is 18.3 Å². The Labute approximate surface area is 170 Å². The Hall–Kier alpha value is -3.09. The Morgan fingerprint density at radius 3 is 2.54 bits per heavy atom. The Morgan fingerprint density at radius 2 is 1.79 bits per heavy atom. The van der Waals surface area contributed by atoms with Crippen LogP contribution in [0.2, 0.25) is 10.4 Å². The summed E-state index contributed by atoms with van der Waals surface area (Å²) in [6, 6.07) is 16.3. The second kappa shape index (κ2) is 7.50. The monoisotopic (exact) mass is 411 g/mol. The van der Waals surface area contributed by atoms with Gasteiger partial charge in [-0.25, -0.2) is 4.98 Å². The van der Waals surface area contributed by atoms with E-state index in [1.54, 1.807) is 24.3 Å². The second-order valence-corrected chi connectivity index (χ2v) is 6.90. The summed E-state index contributed by atoms with van der Waals surface area (Å²) in [4.78, 5) is 20.6. The maximum absolute atomic E-state index is 12.4. The molecule has 2 aromatic heterocycles. The SMILES string of the molecule is Nc1ccccc1NC(=O)c1ccc(Cn2ccc3c(Cl)nc(Cl)nc32)cc1. The van der Waals surface area contributed by atoms with Crippen molar-refractivity contribution >= 4 is 51.5 Å². The number of aromatic nitrogens is 3. The highest BCUT2D eigenvalue weighted by molar-refractivity contribution is 6.35. The van der Waals surface area contributed by atoms with Gasteiger partial charge < -0.3 is 15.6 Å². The van der Waals surface area contributed by atoms with Crippen molar-refractivity contribution in [3.8, 4) is 0 Å². The minimum atomic E-state index is -0.220. The molecule has 4 rings (SSSR count). The highest BCUT2D eigenvalue weighted by Crippen LogP contribution is 2.24. The smallest absolute Gasteiger partial charge is 0.255 e. The van der Waals surface area contributed by atoms with Gasteiger partial charge in [-0.3, -0.25) is 4.79 Å². The largest absolute Gasteiger partial charge is 0.397 e. The molecule has 0 fully saturated rings. The van der Waals surface area contributed by atoms with E-state index in [-0.39, 0.29) is 11.2 Å². The van der Waals surface area contributed by atoms with E-state index in [1.807, 2.05) is 41.1 Å². The van der Waals surface area contributed by atoms with Crippen LogP contribution in [0.1, 0.15) is 15.9 Å². The molecule has 0 aliphatic carbocycles. The highest BCUT2D eigenvalue weighted by atomic mass is 35.5. The number of fused-ring (bicyclic) bond motifs is 1. The topological polar surface area (TPSA) is 85.8 Å². The minimum absolute atomic E-state index is 0.102. The summed E-state index contributed by atoms with van der Waals surface area (Å²) >= 11 is 12.0. The van der Waals surface area contributed by atoms with Crippen molar-refractivity contribution in [2.45, 2.75) is 6.54 Å². The van der Waals surface area contributed by atoms with Crippen LogP contribution in [0.15, 0.2) is 60.8 Å².